The lowest BCUT2D eigenvalue weighted by Gasteiger charge is -2.12. The van der Waals surface area contributed by atoms with Crippen LogP contribution in [0.15, 0.2) is 186 Å². The van der Waals surface area contributed by atoms with Gasteiger partial charge in [-0.25, -0.2) is 19.9 Å². The highest BCUT2D eigenvalue weighted by Crippen LogP contribution is 2.39. The Labute approximate surface area is 316 Å². The first kappa shape index (κ1) is 31.1. The molecule has 0 fully saturated rings. The molecule has 3 heterocycles. The van der Waals surface area contributed by atoms with Crippen molar-refractivity contribution in [2.24, 2.45) is 0 Å². The molecule has 0 saturated carbocycles. The molecular formula is C50H30N4O. The number of para-hydroxylation sites is 1. The van der Waals surface area contributed by atoms with Gasteiger partial charge in [0, 0.05) is 44.0 Å². The van der Waals surface area contributed by atoms with E-state index in [-0.39, 0.29) is 0 Å². The molecule has 0 aliphatic carbocycles. The number of fused-ring (bicyclic) bond motifs is 7. The summed E-state index contributed by atoms with van der Waals surface area (Å²) >= 11 is 0. The van der Waals surface area contributed by atoms with E-state index >= 15 is 0 Å². The second-order valence-corrected chi connectivity index (χ2v) is 13.9. The van der Waals surface area contributed by atoms with Gasteiger partial charge in [0.15, 0.2) is 11.4 Å². The molecule has 11 rings (SSSR count). The Morgan fingerprint density at radius 1 is 0.364 bits per heavy atom. The molecule has 5 nitrogen and oxygen atoms in total. The van der Waals surface area contributed by atoms with Crippen molar-refractivity contribution in [2.45, 2.75) is 0 Å². The molecule has 5 heteroatoms. The molecule has 8 aromatic carbocycles. The molecule has 0 saturated heterocycles. The van der Waals surface area contributed by atoms with Gasteiger partial charge in [0.1, 0.15) is 5.52 Å². The molecule has 0 unspecified atom stereocenters. The first-order chi connectivity index (χ1) is 27.2. The smallest absolute Gasteiger partial charge is 0.227 e. The Kier molecular flexibility index (Phi) is 7.10. The molecule has 0 atom stereocenters. The second-order valence-electron chi connectivity index (χ2n) is 13.9. The van der Waals surface area contributed by atoms with Gasteiger partial charge in [-0.1, -0.05) is 133 Å². The van der Waals surface area contributed by atoms with Crippen molar-refractivity contribution >= 4 is 54.3 Å². The molecule has 0 radical (unpaired) electrons. The fraction of sp³-hybridized carbons (Fsp3) is 0. The van der Waals surface area contributed by atoms with E-state index in [4.69, 9.17) is 24.4 Å². The summed E-state index contributed by atoms with van der Waals surface area (Å²) in [6, 6.07) is 62.8. The van der Waals surface area contributed by atoms with Crippen molar-refractivity contribution in [3.05, 3.63) is 182 Å². The van der Waals surface area contributed by atoms with E-state index in [9.17, 15) is 0 Å². The zero-order valence-corrected chi connectivity index (χ0v) is 29.5. The lowest BCUT2D eigenvalue weighted by atomic mass is 9.97. The molecule has 0 N–H and O–H groups in total. The van der Waals surface area contributed by atoms with Gasteiger partial charge in [0.2, 0.25) is 5.89 Å². The van der Waals surface area contributed by atoms with Crippen LogP contribution in [0.4, 0.5) is 0 Å². The summed E-state index contributed by atoms with van der Waals surface area (Å²) < 4.78 is 6.30. The number of benzene rings is 8. The Morgan fingerprint density at radius 2 is 0.964 bits per heavy atom. The van der Waals surface area contributed by atoms with Crippen LogP contribution in [0.2, 0.25) is 0 Å². The maximum atomic E-state index is 6.30. The quantitative estimate of drug-likeness (QED) is 0.167. The molecule has 0 aliphatic rings. The molecule has 0 amide bonds. The highest BCUT2D eigenvalue weighted by atomic mass is 16.3. The largest absolute Gasteiger partial charge is 0.436 e. The average Bonchev–Trinajstić information content (AvgIpc) is 3.71. The fourth-order valence-electron chi connectivity index (χ4n) is 7.70. The summed E-state index contributed by atoms with van der Waals surface area (Å²) in [6.07, 6.45) is 0. The van der Waals surface area contributed by atoms with Crippen molar-refractivity contribution in [3.8, 4) is 56.6 Å². The third kappa shape index (κ3) is 5.41. The highest BCUT2D eigenvalue weighted by molar-refractivity contribution is 6.20. The number of pyridine rings is 1. The van der Waals surface area contributed by atoms with E-state index in [1.54, 1.807) is 0 Å². The van der Waals surface area contributed by atoms with E-state index < -0.39 is 0 Å². The monoisotopic (exact) mass is 702 g/mol. The van der Waals surface area contributed by atoms with Gasteiger partial charge in [-0.3, -0.25) is 0 Å². The summed E-state index contributed by atoms with van der Waals surface area (Å²) in [7, 11) is 0. The van der Waals surface area contributed by atoms with Crippen LogP contribution in [0.5, 0.6) is 0 Å². The van der Waals surface area contributed by atoms with Crippen molar-refractivity contribution in [1.82, 2.24) is 19.9 Å². The second kappa shape index (κ2) is 12.6. The van der Waals surface area contributed by atoms with E-state index in [0.717, 1.165) is 83.1 Å². The topological polar surface area (TPSA) is 64.7 Å². The summed E-state index contributed by atoms with van der Waals surface area (Å²) in [5.41, 5.74) is 10.0. The maximum Gasteiger partial charge on any atom is 0.227 e. The Balaban J connectivity index is 1.05. The van der Waals surface area contributed by atoms with Crippen LogP contribution in [0, 0.1) is 0 Å². The third-order valence-electron chi connectivity index (χ3n) is 10.5. The number of hydrogen-bond acceptors (Lipinski definition) is 5. The minimum Gasteiger partial charge on any atom is -0.436 e. The lowest BCUT2D eigenvalue weighted by Crippen LogP contribution is -1.96. The van der Waals surface area contributed by atoms with Crippen molar-refractivity contribution in [1.29, 1.82) is 0 Å². The van der Waals surface area contributed by atoms with Gasteiger partial charge in [-0.05, 0) is 70.1 Å². The first-order valence-electron chi connectivity index (χ1n) is 18.4. The van der Waals surface area contributed by atoms with E-state index in [1.165, 1.54) is 16.2 Å². The SMILES string of the molecule is c1ccc(-c2nc3c(ccc4c(-c5ccc(-c6cc(-c7ccc8ccccc8c7)nc(-c7ccc8ccccc8c7)n6)cc5)nc5ccccc5c43)o2)cc1. The molecule has 256 valence electrons. The van der Waals surface area contributed by atoms with Crippen LogP contribution in [0.25, 0.3) is 111 Å². The lowest BCUT2D eigenvalue weighted by molar-refractivity contribution is 0.620. The van der Waals surface area contributed by atoms with Gasteiger partial charge in [0.05, 0.1) is 22.6 Å². The summed E-state index contributed by atoms with van der Waals surface area (Å²) in [5.74, 6) is 1.29. The zero-order chi connectivity index (χ0) is 36.3. The Morgan fingerprint density at radius 3 is 1.73 bits per heavy atom. The first-order valence-corrected chi connectivity index (χ1v) is 18.4. The minimum atomic E-state index is 0.603. The summed E-state index contributed by atoms with van der Waals surface area (Å²) in [5, 5.41) is 7.80. The predicted octanol–water partition coefficient (Wildman–Crippen LogP) is 13.0. The van der Waals surface area contributed by atoms with E-state index in [0.29, 0.717) is 11.7 Å². The predicted molar refractivity (Wildman–Crippen MR) is 225 cm³/mol. The molecule has 0 aliphatic heterocycles. The number of rotatable bonds is 5. The standard InChI is InChI=1S/C50H30N4O/c1-2-12-35(13-3-1)50-54-48-45(55-50)27-26-41-46(48)40-16-8-9-17-42(40)51-47(41)34-22-20-33(21-23-34)43-30-44(38-24-18-31-10-4-6-14-36(31)28-38)53-49(52-43)39-25-19-32-11-5-7-15-37(32)29-39/h1-30H. The van der Waals surface area contributed by atoms with Gasteiger partial charge >= 0.3 is 0 Å². The average molecular weight is 703 g/mol. The summed E-state index contributed by atoms with van der Waals surface area (Å²) in [4.78, 5) is 20.6. The minimum absolute atomic E-state index is 0.603. The molecule has 11 aromatic rings. The van der Waals surface area contributed by atoms with Crippen LogP contribution >= 0.6 is 0 Å². The van der Waals surface area contributed by atoms with E-state index in [1.807, 2.05) is 42.5 Å². The number of hydrogen-bond donors (Lipinski definition) is 0. The molecule has 3 aromatic heterocycles. The van der Waals surface area contributed by atoms with Crippen molar-refractivity contribution in [3.63, 3.8) is 0 Å². The van der Waals surface area contributed by atoms with Gasteiger partial charge in [-0.2, -0.15) is 0 Å². The van der Waals surface area contributed by atoms with Gasteiger partial charge < -0.3 is 4.42 Å². The van der Waals surface area contributed by atoms with Gasteiger partial charge in [0.25, 0.3) is 0 Å². The zero-order valence-electron chi connectivity index (χ0n) is 29.5. The Hall–Kier alpha value is -7.50. The third-order valence-corrected chi connectivity index (χ3v) is 10.5. The van der Waals surface area contributed by atoms with Crippen LogP contribution in [-0.2, 0) is 0 Å². The van der Waals surface area contributed by atoms with Crippen LogP contribution in [0.3, 0.4) is 0 Å². The van der Waals surface area contributed by atoms with E-state index in [2.05, 4.69) is 140 Å². The van der Waals surface area contributed by atoms with Crippen LogP contribution in [0.1, 0.15) is 0 Å². The summed E-state index contributed by atoms with van der Waals surface area (Å²) in [6.45, 7) is 0. The molecule has 0 bridgehead atoms. The number of oxazole rings is 1. The van der Waals surface area contributed by atoms with Crippen molar-refractivity contribution in [2.75, 3.05) is 0 Å². The maximum absolute atomic E-state index is 6.30. The molecule has 0 spiro atoms. The number of nitrogens with zero attached hydrogens (tertiary/aromatic N) is 4. The Bertz CT molecular complexity index is 3160. The number of aromatic nitrogens is 4. The van der Waals surface area contributed by atoms with Gasteiger partial charge in [-0.15, -0.1) is 0 Å². The molecule has 55 heavy (non-hydrogen) atoms. The van der Waals surface area contributed by atoms with Crippen molar-refractivity contribution < 1.29 is 4.42 Å². The van der Waals surface area contributed by atoms with Crippen LogP contribution in [-0.4, -0.2) is 19.9 Å². The highest BCUT2D eigenvalue weighted by Gasteiger charge is 2.18. The van der Waals surface area contributed by atoms with Crippen LogP contribution < -0.4 is 0 Å². The normalized spacial score (nSPS) is 11.6. The molecular weight excluding hydrogens is 673 g/mol. The fourth-order valence-corrected chi connectivity index (χ4v) is 7.70.